The first-order valence-electron chi connectivity index (χ1n) is 19.8. The van der Waals surface area contributed by atoms with E-state index in [9.17, 15) is 0 Å². The minimum atomic E-state index is -1.23. The van der Waals surface area contributed by atoms with Crippen molar-refractivity contribution in [3.8, 4) is 39.5 Å². The molecule has 0 bridgehead atoms. The fraction of sp³-hybridized carbons (Fsp3) is 0.135. The molecule has 59 heavy (non-hydrogen) atoms. The normalized spacial score (nSPS) is 11.8. The summed E-state index contributed by atoms with van der Waals surface area (Å²) in [5.41, 5.74) is 9.88. The van der Waals surface area contributed by atoms with Crippen LogP contribution in [0.2, 0.25) is 19.6 Å². The van der Waals surface area contributed by atoms with Crippen LogP contribution in [0.1, 0.15) is 26.3 Å². The zero-order valence-corrected chi connectivity index (χ0v) is 38.3. The first-order chi connectivity index (χ1) is 28.0. The first-order valence-corrected chi connectivity index (χ1v) is 24.1. The molecule has 4 heterocycles. The third kappa shape index (κ3) is 7.96. The SMILES string of the molecule is CC(C)(C)c1ccc(-n2c(-c3[c-]ccc4c3sc3ncccc34)nc3cc4ccccc4cc32)c(-c2ccccc2)c1.C[Si](C)(C)c1ccc(-c2[c-]cccc2)nc1.[Ir]. The Morgan fingerprint density at radius 2 is 1.44 bits per heavy atom. The van der Waals surface area contributed by atoms with Gasteiger partial charge in [0, 0.05) is 43.7 Å². The van der Waals surface area contributed by atoms with Gasteiger partial charge < -0.3 is 9.55 Å². The molecule has 0 fully saturated rings. The van der Waals surface area contributed by atoms with Crippen molar-refractivity contribution in [1.82, 2.24) is 19.5 Å². The zero-order chi connectivity index (χ0) is 40.0. The van der Waals surface area contributed by atoms with Crippen molar-refractivity contribution in [2.24, 2.45) is 0 Å². The molecule has 0 spiro atoms. The number of thiophene rings is 1. The zero-order valence-electron chi connectivity index (χ0n) is 34.0. The molecule has 0 amide bonds. The smallest absolute Gasteiger partial charge is 0.113 e. The second-order valence-corrected chi connectivity index (χ2v) is 22.9. The molecule has 0 N–H and O–H groups in total. The molecule has 0 aliphatic carbocycles. The summed E-state index contributed by atoms with van der Waals surface area (Å²) in [5.74, 6) is 0.887. The molecule has 0 aliphatic heterocycles. The van der Waals surface area contributed by atoms with Crippen LogP contribution in [0.25, 0.3) is 81.6 Å². The Morgan fingerprint density at radius 1 is 0.678 bits per heavy atom. The van der Waals surface area contributed by atoms with Crippen molar-refractivity contribution >= 4 is 66.7 Å². The third-order valence-corrected chi connectivity index (χ3v) is 13.9. The van der Waals surface area contributed by atoms with Gasteiger partial charge in [0.05, 0.1) is 24.9 Å². The van der Waals surface area contributed by atoms with Gasteiger partial charge in [-0.1, -0.05) is 130 Å². The topological polar surface area (TPSA) is 43.6 Å². The quantitative estimate of drug-likeness (QED) is 0.127. The number of hydrogen-bond acceptors (Lipinski definition) is 4. The van der Waals surface area contributed by atoms with Crippen molar-refractivity contribution in [1.29, 1.82) is 0 Å². The second-order valence-electron chi connectivity index (χ2n) is 16.8. The molecular formula is C52H44IrN4SSi-2. The van der Waals surface area contributed by atoms with Crippen molar-refractivity contribution in [3.63, 3.8) is 0 Å². The molecule has 4 nitrogen and oxygen atoms in total. The van der Waals surface area contributed by atoms with Crippen molar-refractivity contribution in [3.05, 3.63) is 176 Å². The van der Waals surface area contributed by atoms with Crippen LogP contribution < -0.4 is 5.19 Å². The molecule has 293 valence electrons. The Balaban J connectivity index is 0.000000240. The number of pyridine rings is 2. The van der Waals surface area contributed by atoms with E-state index in [1.54, 1.807) is 11.3 Å². The minimum Gasteiger partial charge on any atom is -0.333 e. The maximum Gasteiger partial charge on any atom is 0.113 e. The van der Waals surface area contributed by atoms with Crippen LogP contribution in [0.3, 0.4) is 0 Å². The van der Waals surface area contributed by atoms with Gasteiger partial charge in [-0.05, 0) is 78.6 Å². The first kappa shape index (κ1) is 40.2. The van der Waals surface area contributed by atoms with E-state index in [2.05, 4.69) is 176 Å². The molecule has 4 aromatic heterocycles. The summed E-state index contributed by atoms with van der Waals surface area (Å²) >= 11 is 1.71. The summed E-state index contributed by atoms with van der Waals surface area (Å²) < 4.78 is 3.50. The van der Waals surface area contributed by atoms with Gasteiger partial charge >= 0.3 is 0 Å². The molecule has 0 aliphatic rings. The van der Waals surface area contributed by atoms with Crippen LogP contribution in [-0.2, 0) is 25.5 Å². The van der Waals surface area contributed by atoms with E-state index in [-0.39, 0.29) is 25.5 Å². The number of hydrogen-bond donors (Lipinski definition) is 0. The fourth-order valence-corrected chi connectivity index (χ4v) is 9.68. The summed E-state index contributed by atoms with van der Waals surface area (Å²) in [6, 6.07) is 58.0. The average Bonchev–Trinajstić information content (AvgIpc) is 3.81. The van der Waals surface area contributed by atoms with E-state index in [1.807, 2.05) is 48.8 Å². The monoisotopic (exact) mass is 977 g/mol. The van der Waals surface area contributed by atoms with E-state index in [0.717, 1.165) is 48.9 Å². The number of nitrogens with zero attached hydrogens (tertiary/aromatic N) is 4. The van der Waals surface area contributed by atoms with Crippen molar-refractivity contribution < 1.29 is 20.1 Å². The van der Waals surface area contributed by atoms with Gasteiger partial charge in [-0.3, -0.25) is 4.98 Å². The van der Waals surface area contributed by atoms with E-state index in [4.69, 9.17) is 4.98 Å². The van der Waals surface area contributed by atoms with Gasteiger partial charge in [-0.2, -0.15) is 11.3 Å². The number of benzene rings is 6. The largest absolute Gasteiger partial charge is 0.333 e. The Kier molecular flexibility index (Phi) is 11.1. The van der Waals surface area contributed by atoms with Crippen LogP contribution in [0.15, 0.2) is 158 Å². The van der Waals surface area contributed by atoms with E-state index in [0.29, 0.717) is 0 Å². The van der Waals surface area contributed by atoms with E-state index < -0.39 is 8.07 Å². The summed E-state index contributed by atoms with van der Waals surface area (Å²) in [7, 11) is -1.23. The Bertz CT molecular complexity index is 3070. The number of imidazole rings is 1. The average molecular weight is 977 g/mol. The maximum atomic E-state index is 5.35. The molecule has 10 aromatic rings. The molecule has 0 atom stereocenters. The Labute approximate surface area is 365 Å². The maximum absolute atomic E-state index is 5.35. The van der Waals surface area contributed by atoms with Crippen LogP contribution in [0.5, 0.6) is 0 Å². The van der Waals surface area contributed by atoms with Gasteiger partial charge in [-0.15, -0.1) is 54.1 Å². The fourth-order valence-electron chi connectivity index (χ4n) is 7.51. The van der Waals surface area contributed by atoms with Crippen molar-refractivity contribution in [2.75, 3.05) is 0 Å². The molecule has 7 heteroatoms. The molecule has 0 saturated carbocycles. The number of aromatic nitrogens is 4. The molecule has 6 aromatic carbocycles. The predicted molar refractivity (Wildman–Crippen MR) is 249 cm³/mol. The standard InChI is InChI=1S/C38H28N3S.C14H16NSi.Ir/c1-38(2,3)27-18-19-33(31(23-27)24-11-5-4-6-12-24)41-34-22-26-14-8-7-13-25(26)21-32(34)40-36(41)30-16-9-15-28-29-17-10-20-39-37(29)42-35(28)30;1-16(2,3)13-9-10-14(15-11-13)12-7-5-4-6-8-12;/h4-15,17-23H,1-3H3;4-7,9-11H,1-3H3;/q2*-1;. The third-order valence-electron chi connectivity index (χ3n) is 10.8. The van der Waals surface area contributed by atoms with Gasteiger partial charge in [0.15, 0.2) is 0 Å². The van der Waals surface area contributed by atoms with Gasteiger partial charge in [0.1, 0.15) is 4.83 Å². The molecule has 0 unspecified atom stereocenters. The molecular weight excluding hydrogens is 933 g/mol. The summed E-state index contributed by atoms with van der Waals surface area (Å²) in [6.07, 6.45) is 3.88. The van der Waals surface area contributed by atoms with Gasteiger partial charge in [0.25, 0.3) is 0 Å². The van der Waals surface area contributed by atoms with E-state index in [1.165, 1.54) is 43.4 Å². The summed E-state index contributed by atoms with van der Waals surface area (Å²) in [5, 5.41) is 6.12. The second kappa shape index (κ2) is 16.2. The number of rotatable bonds is 5. The van der Waals surface area contributed by atoms with Gasteiger partial charge in [0.2, 0.25) is 0 Å². The van der Waals surface area contributed by atoms with E-state index >= 15 is 0 Å². The molecule has 10 rings (SSSR count). The Hall–Kier alpha value is -5.56. The summed E-state index contributed by atoms with van der Waals surface area (Å²) in [6.45, 7) is 13.8. The Morgan fingerprint density at radius 3 is 2.15 bits per heavy atom. The van der Waals surface area contributed by atoms with Crippen LogP contribution in [-0.4, -0.2) is 27.6 Å². The number of fused-ring (bicyclic) bond motifs is 5. The molecule has 1 radical (unpaired) electrons. The van der Waals surface area contributed by atoms with Crippen LogP contribution >= 0.6 is 11.3 Å². The molecule has 0 saturated heterocycles. The van der Waals surface area contributed by atoms with Crippen molar-refractivity contribution in [2.45, 2.75) is 45.8 Å². The van der Waals surface area contributed by atoms with Gasteiger partial charge in [-0.25, -0.2) is 4.98 Å². The minimum absolute atomic E-state index is 0. The van der Waals surface area contributed by atoms with Crippen LogP contribution in [0, 0.1) is 12.1 Å². The summed E-state index contributed by atoms with van der Waals surface area (Å²) in [4.78, 5) is 15.6. The van der Waals surface area contributed by atoms with Crippen LogP contribution in [0.4, 0.5) is 0 Å². The predicted octanol–water partition coefficient (Wildman–Crippen LogP) is 13.5.